The van der Waals surface area contributed by atoms with Crippen molar-refractivity contribution in [1.82, 2.24) is 0 Å². The maximum absolute atomic E-state index is 15.2. The molecule has 0 fully saturated rings. The van der Waals surface area contributed by atoms with Crippen molar-refractivity contribution in [2.24, 2.45) is 7.05 Å². The SMILES string of the molecule is Cc1ccc2c(oc3c(-c4cc[c]([Ge]([CH3])([CH3])[CH3])cc4)c(F)ccc32)c1-c1cccc[n+]1C. The summed E-state index contributed by atoms with van der Waals surface area (Å²) in [4.78, 5) is 0. The predicted molar refractivity (Wildman–Crippen MR) is 133 cm³/mol. The van der Waals surface area contributed by atoms with E-state index in [0.717, 1.165) is 38.7 Å². The molecule has 2 nitrogen and oxygen atoms in total. The molecule has 0 saturated heterocycles. The van der Waals surface area contributed by atoms with Crippen LogP contribution in [0.2, 0.25) is 17.3 Å². The van der Waals surface area contributed by atoms with Gasteiger partial charge in [0.1, 0.15) is 0 Å². The first-order valence-corrected chi connectivity index (χ1v) is 18.3. The predicted octanol–water partition coefficient (Wildman–Crippen LogP) is 6.74. The van der Waals surface area contributed by atoms with Crippen LogP contribution in [0.4, 0.5) is 4.39 Å². The van der Waals surface area contributed by atoms with E-state index < -0.39 is 13.3 Å². The summed E-state index contributed by atoms with van der Waals surface area (Å²) in [7, 11) is 2.03. The molecule has 3 aromatic carbocycles. The number of fused-ring (bicyclic) bond motifs is 3. The molecule has 0 aliphatic heterocycles. The van der Waals surface area contributed by atoms with Crippen LogP contribution >= 0.6 is 0 Å². The minimum absolute atomic E-state index is 0.259. The molecular formula is C28H27FGeNO+. The van der Waals surface area contributed by atoms with Crippen molar-refractivity contribution in [3.05, 3.63) is 84.3 Å². The molecule has 0 radical (unpaired) electrons. The zero-order valence-electron chi connectivity index (χ0n) is 19.2. The van der Waals surface area contributed by atoms with Crippen molar-refractivity contribution in [2.75, 3.05) is 0 Å². The zero-order chi connectivity index (χ0) is 22.6. The number of benzene rings is 3. The second kappa shape index (κ2) is 7.59. The van der Waals surface area contributed by atoms with Crippen molar-refractivity contribution in [2.45, 2.75) is 24.2 Å². The van der Waals surface area contributed by atoms with Gasteiger partial charge in [-0.25, -0.2) is 0 Å². The Balaban J connectivity index is 1.81. The van der Waals surface area contributed by atoms with Gasteiger partial charge in [0, 0.05) is 6.07 Å². The van der Waals surface area contributed by atoms with Gasteiger partial charge in [-0.15, -0.1) is 0 Å². The summed E-state index contributed by atoms with van der Waals surface area (Å²) in [5.74, 6) is 6.83. The van der Waals surface area contributed by atoms with Crippen LogP contribution in [0.25, 0.3) is 44.3 Å². The molecule has 0 amide bonds. The molecule has 0 saturated carbocycles. The molecule has 0 aliphatic rings. The van der Waals surface area contributed by atoms with Crippen LogP contribution in [0, 0.1) is 12.7 Å². The minimum atomic E-state index is -1.94. The molecule has 0 aliphatic carbocycles. The third kappa shape index (κ3) is 3.36. The Morgan fingerprint density at radius 2 is 1.44 bits per heavy atom. The van der Waals surface area contributed by atoms with Gasteiger partial charge in [0.25, 0.3) is 0 Å². The van der Waals surface area contributed by atoms with Crippen molar-refractivity contribution < 1.29 is 13.4 Å². The zero-order valence-corrected chi connectivity index (χ0v) is 21.3. The topological polar surface area (TPSA) is 17.0 Å². The van der Waals surface area contributed by atoms with E-state index in [0.29, 0.717) is 11.1 Å². The molecule has 32 heavy (non-hydrogen) atoms. The summed E-state index contributed by atoms with van der Waals surface area (Å²) in [6.45, 7) is 2.09. The molecule has 160 valence electrons. The van der Waals surface area contributed by atoms with Crippen LogP contribution in [0.15, 0.2) is 77.3 Å². The average molecular weight is 485 g/mol. The fraction of sp³-hybridized carbons (Fsp3) is 0.179. The van der Waals surface area contributed by atoms with E-state index in [1.807, 2.05) is 43.6 Å². The molecule has 4 heteroatoms. The number of aryl methyl sites for hydroxylation is 2. The first-order chi connectivity index (χ1) is 15.3. The van der Waals surface area contributed by atoms with E-state index in [9.17, 15) is 0 Å². The van der Waals surface area contributed by atoms with Gasteiger partial charge in [-0.3, -0.25) is 0 Å². The summed E-state index contributed by atoms with van der Waals surface area (Å²) in [6, 6.07) is 22.1. The third-order valence-corrected chi connectivity index (χ3v) is 10.7. The third-order valence-electron chi connectivity index (χ3n) is 6.32. The van der Waals surface area contributed by atoms with E-state index in [1.165, 1.54) is 4.40 Å². The van der Waals surface area contributed by atoms with E-state index in [1.54, 1.807) is 6.07 Å². The van der Waals surface area contributed by atoms with Crippen LogP contribution in [0.3, 0.4) is 0 Å². The number of halogens is 1. The fourth-order valence-corrected chi connectivity index (χ4v) is 6.93. The van der Waals surface area contributed by atoms with Crippen LogP contribution in [-0.4, -0.2) is 13.3 Å². The van der Waals surface area contributed by atoms with Crippen LogP contribution in [-0.2, 0) is 7.05 Å². The molecule has 5 aromatic rings. The average Bonchev–Trinajstić information content (AvgIpc) is 3.12. The number of hydrogen-bond acceptors (Lipinski definition) is 1. The Morgan fingerprint density at radius 3 is 2.09 bits per heavy atom. The molecular weight excluding hydrogens is 458 g/mol. The number of nitrogens with zero attached hydrogens (tertiary/aromatic N) is 1. The first-order valence-electron chi connectivity index (χ1n) is 11.0. The van der Waals surface area contributed by atoms with E-state index in [4.69, 9.17) is 4.42 Å². The Hall–Kier alpha value is -2.92. The maximum atomic E-state index is 15.2. The molecule has 0 spiro atoms. The van der Waals surface area contributed by atoms with Crippen molar-refractivity contribution in [1.29, 1.82) is 0 Å². The molecule has 0 unspecified atom stereocenters. The Morgan fingerprint density at radius 1 is 0.781 bits per heavy atom. The first kappa shape index (κ1) is 21.0. The summed E-state index contributed by atoms with van der Waals surface area (Å²) >= 11 is -1.94. The summed E-state index contributed by atoms with van der Waals surface area (Å²) in [6.07, 6.45) is 2.03. The van der Waals surface area contributed by atoms with Gasteiger partial charge in [0.05, 0.1) is 0 Å². The van der Waals surface area contributed by atoms with Crippen molar-refractivity contribution in [3.63, 3.8) is 0 Å². The second-order valence-electron chi connectivity index (χ2n) is 9.56. The van der Waals surface area contributed by atoms with Crippen LogP contribution in [0.5, 0.6) is 0 Å². The monoisotopic (exact) mass is 486 g/mol. The van der Waals surface area contributed by atoms with E-state index in [2.05, 4.69) is 59.1 Å². The van der Waals surface area contributed by atoms with Gasteiger partial charge in [0.15, 0.2) is 0 Å². The molecule has 2 aromatic heterocycles. The molecule has 0 atom stereocenters. The molecule has 2 heterocycles. The second-order valence-corrected chi connectivity index (χ2v) is 20.2. The summed E-state index contributed by atoms with van der Waals surface area (Å²) < 4.78 is 25.2. The van der Waals surface area contributed by atoms with Crippen LogP contribution < -0.4 is 8.96 Å². The molecule has 0 bridgehead atoms. The van der Waals surface area contributed by atoms with Gasteiger partial charge in [-0.05, 0) is 0 Å². The summed E-state index contributed by atoms with van der Waals surface area (Å²) in [5, 5.41) is 1.95. The van der Waals surface area contributed by atoms with Gasteiger partial charge in [-0.2, -0.15) is 0 Å². The number of pyridine rings is 1. The van der Waals surface area contributed by atoms with E-state index >= 15 is 4.39 Å². The number of aromatic nitrogens is 1. The normalized spacial score (nSPS) is 12.1. The van der Waals surface area contributed by atoms with Crippen molar-refractivity contribution >= 4 is 39.6 Å². The van der Waals surface area contributed by atoms with Gasteiger partial charge < -0.3 is 0 Å². The van der Waals surface area contributed by atoms with Gasteiger partial charge in [0.2, 0.25) is 0 Å². The Kier molecular flexibility index (Phi) is 4.97. The number of rotatable bonds is 3. The number of furan rings is 1. The molecule has 0 N–H and O–H groups in total. The van der Waals surface area contributed by atoms with Crippen molar-refractivity contribution in [3.8, 4) is 22.4 Å². The fourth-order valence-electron chi connectivity index (χ4n) is 4.49. The van der Waals surface area contributed by atoms with Gasteiger partial charge >= 0.3 is 185 Å². The van der Waals surface area contributed by atoms with E-state index in [-0.39, 0.29) is 5.82 Å². The van der Waals surface area contributed by atoms with Crippen LogP contribution in [0.1, 0.15) is 5.56 Å². The van der Waals surface area contributed by atoms with Gasteiger partial charge in [-0.1, -0.05) is 0 Å². The number of hydrogen-bond donors (Lipinski definition) is 0. The summed E-state index contributed by atoms with van der Waals surface area (Å²) in [5.41, 5.74) is 6.04. The Bertz CT molecular complexity index is 1480. The quantitative estimate of drug-likeness (QED) is 0.205. The Labute approximate surface area is 190 Å². The molecule has 5 rings (SSSR count). The standard InChI is InChI=1S/C28H27FGeNO/c1-18-9-14-21-22-15-16-23(29)26(19-10-12-20(13-11-19)30(2,3)4)28(22)32-27(21)25(18)24-8-6-7-17-31(24)5/h6-17H,1-5H3/q+1.